The summed E-state index contributed by atoms with van der Waals surface area (Å²) in [5, 5.41) is 14.2. The number of unbranched alkanes of at least 4 members (excludes halogenated alkanes) is 1. The lowest BCUT2D eigenvalue weighted by Gasteiger charge is -2.16. The lowest BCUT2D eigenvalue weighted by atomic mass is 10.1. The molecule has 1 aromatic carbocycles. The maximum atomic E-state index is 12.8. The number of anilines is 1. The van der Waals surface area contributed by atoms with Crippen LogP contribution in [0.15, 0.2) is 34.6 Å². The highest BCUT2D eigenvalue weighted by Gasteiger charge is 2.17. The van der Waals surface area contributed by atoms with Crippen LogP contribution in [0.5, 0.6) is 11.5 Å². The quantitative estimate of drug-likeness (QED) is 0.756. The monoisotopic (exact) mass is 330 g/mol. The Hall–Kier alpha value is -2.43. The Morgan fingerprint density at radius 3 is 2.75 bits per heavy atom. The van der Waals surface area contributed by atoms with Crippen LogP contribution in [0.1, 0.15) is 33.6 Å². The molecular weight excluding hydrogens is 304 g/mol. The van der Waals surface area contributed by atoms with Gasteiger partial charge in [-0.3, -0.25) is 4.79 Å². The Bertz CT molecular complexity index is 802. The topological polar surface area (TPSA) is 63.5 Å². The van der Waals surface area contributed by atoms with Gasteiger partial charge in [-0.25, -0.2) is 0 Å². The first-order valence-corrected chi connectivity index (χ1v) is 8.33. The summed E-state index contributed by atoms with van der Waals surface area (Å²) in [6, 6.07) is 5.56. The number of aromatic hydroxyl groups is 1. The van der Waals surface area contributed by atoms with Crippen LogP contribution in [-0.2, 0) is 6.54 Å². The zero-order chi connectivity index (χ0) is 17.7. The van der Waals surface area contributed by atoms with Crippen molar-refractivity contribution in [2.45, 2.75) is 40.2 Å². The van der Waals surface area contributed by atoms with E-state index < -0.39 is 0 Å². The number of pyridine rings is 1. The average molecular weight is 330 g/mol. The van der Waals surface area contributed by atoms with Gasteiger partial charge in [0.15, 0.2) is 5.75 Å². The van der Waals surface area contributed by atoms with Gasteiger partial charge in [-0.1, -0.05) is 18.9 Å². The van der Waals surface area contributed by atoms with Crippen molar-refractivity contribution in [3.63, 3.8) is 0 Å². The number of hydrogen-bond donors (Lipinski definition) is 2. The number of hydrogen-bond acceptors (Lipinski definition) is 4. The Morgan fingerprint density at radius 1 is 1.38 bits per heavy atom. The van der Waals surface area contributed by atoms with E-state index in [1.54, 1.807) is 4.57 Å². The molecule has 2 rings (SSSR count). The van der Waals surface area contributed by atoms with Gasteiger partial charge in [0, 0.05) is 24.7 Å². The third-order valence-corrected chi connectivity index (χ3v) is 3.94. The van der Waals surface area contributed by atoms with Crippen molar-refractivity contribution >= 4 is 16.6 Å². The molecule has 0 aliphatic rings. The van der Waals surface area contributed by atoms with E-state index in [0.29, 0.717) is 17.4 Å². The fourth-order valence-electron chi connectivity index (χ4n) is 2.53. The van der Waals surface area contributed by atoms with Gasteiger partial charge in [-0.05, 0) is 44.5 Å². The van der Waals surface area contributed by atoms with E-state index in [4.69, 9.17) is 4.74 Å². The molecule has 0 saturated heterocycles. The maximum absolute atomic E-state index is 12.8. The number of benzene rings is 1. The van der Waals surface area contributed by atoms with E-state index in [2.05, 4.69) is 12.2 Å². The minimum atomic E-state index is -0.288. The van der Waals surface area contributed by atoms with E-state index in [9.17, 15) is 9.90 Å². The molecule has 0 aliphatic carbocycles. The molecule has 1 aromatic heterocycles. The van der Waals surface area contributed by atoms with Gasteiger partial charge in [0.25, 0.3) is 5.56 Å². The van der Waals surface area contributed by atoms with Crippen LogP contribution < -0.4 is 15.6 Å². The predicted octanol–water partition coefficient (Wildman–Crippen LogP) is 3.89. The molecule has 0 saturated carbocycles. The smallest absolute Gasteiger partial charge is 0.297 e. The number of aromatic nitrogens is 1. The Labute approximate surface area is 142 Å². The van der Waals surface area contributed by atoms with Crippen LogP contribution in [-0.4, -0.2) is 23.3 Å². The number of rotatable bonds is 7. The highest BCUT2D eigenvalue weighted by Crippen LogP contribution is 2.33. The minimum Gasteiger partial charge on any atom is -0.504 e. The summed E-state index contributed by atoms with van der Waals surface area (Å²) in [4.78, 5) is 12.8. The second-order valence-electron chi connectivity index (χ2n) is 6.06. The highest BCUT2D eigenvalue weighted by atomic mass is 16.5. The fourth-order valence-corrected chi connectivity index (χ4v) is 2.53. The first-order valence-electron chi connectivity index (χ1n) is 8.33. The molecule has 0 aliphatic heterocycles. The third kappa shape index (κ3) is 3.72. The molecule has 0 bridgehead atoms. The minimum absolute atomic E-state index is 0.0216. The summed E-state index contributed by atoms with van der Waals surface area (Å²) in [5.74, 6) is -0.0686. The lowest BCUT2D eigenvalue weighted by molar-refractivity contribution is 0.329. The van der Waals surface area contributed by atoms with E-state index in [0.717, 1.165) is 24.1 Å². The van der Waals surface area contributed by atoms with Gasteiger partial charge >= 0.3 is 0 Å². The molecule has 24 heavy (non-hydrogen) atoms. The van der Waals surface area contributed by atoms with Crippen molar-refractivity contribution in [3.05, 3.63) is 40.2 Å². The van der Waals surface area contributed by atoms with Crippen molar-refractivity contribution in [2.24, 2.45) is 0 Å². The highest BCUT2D eigenvalue weighted by molar-refractivity contribution is 5.90. The molecule has 5 nitrogen and oxygen atoms in total. The summed E-state index contributed by atoms with van der Waals surface area (Å²) in [7, 11) is 1.83. The Balaban J connectivity index is 2.62. The van der Waals surface area contributed by atoms with Gasteiger partial charge in [-0.15, -0.1) is 0 Å². The zero-order valence-electron chi connectivity index (χ0n) is 14.8. The summed E-state index contributed by atoms with van der Waals surface area (Å²) in [5.41, 5.74) is 2.42. The SMILES string of the molecule is CCCCn1c(=O)c(OCC=C(C)C)c(O)c2ccc(NC)cc21. The van der Waals surface area contributed by atoms with Crippen molar-refractivity contribution < 1.29 is 9.84 Å². The predicted molar refractivity (Wildman–Crippen MR) is 99.3 cm³/mol. The molecule has 0 amide bonds. The normalized spacial score (nSPS) is 10.7. The van der Waals surface area contributed by atoms with Crippen LogP contribution >= 0.6 is 0 Å². The van der Waals surface area contributed by atoms with Crippen LogP contribution in [0, 0.1) is 0 Å². The van der Waals surface area contributed by atoms with Crippen molar-refractivity contribution in [1.29, 1.82) is 0 Å². The van der Waals surface area contributed by atoms with Gasteiger partial charge in [0.2, 0.25) is 5.75 Å². The van der Waals surface area contributed by atoms with E-state index in [-0.39, 0.29) is 23.7 Å². The Kier molecular flexibility index (Phi) is 5.90. The Morgan fingerprint density at radius 2 is 2.12 bits per heavy atom. The van der Waals surface area contributed by atoms with Crippen LogP contribution in [0.4, 0.5) is 5.69 Å². The molecule has 5 heteroatoms. The maximum Gasteiger partial charge on any atom is 0.297 e. The molecule has 2 N–H and O–H groups in total. The molecule has 130 valence electrons. The largest absolute Gasteiger partial charge is 0.504 e. The molecule has 0 unspecified atom stereocenters. The zero-order valence-corrected chi connectivity index (χ0v) is 14.8. The van der Waals surface area contributed by atoms with Crippen LogP contribution in [0.2, 0.25) is 0 Å². The molecule has 0 spiro atoms. The average Bonchev–Trinajstić information content (AvgIpc) is 2.57. The molecule has 1 heterocycles. The van der Waals surface area contributed by atoms with Gasteiger partial charge in [0.1, 0.15) is 6.61 Å². The van der Waals surface area contributed by atoms with Gasteiger partial charge < -0.3 is 19.7 Å². The second kappa shape index (κ2) is 7.90. The van der Waals surface area contributed by atoms with Crippen molar-refractivity contribution in [1.82, 2.24) is 4.57 Å². The van der Waals surface area contributed by atoms with E-state index >= 15 is 0 Å². The summed E-state index contributed by atoms with van der Waals surface area (Å²) < 4.78 is 7.28. The second-order valence-corrected chi connectivity index (χ2v) is 6.06. The van der Waals surface area contributed by atoms with Crippen molar-refractivity contribution in [2.75, 3.05) is 19.0 Å². The van der Waals surface area contributed by atoms with E-state index in [1.165, 1.54) is 0 Å². The molecule has 0 radical (unpaired) electrons. The number of nitrogens with one attached hydrogen (secondary N) is 1. The molecular formula is C19H26N2O3. The first kappa shape index (κ1) is 17.9. The molecule has 2 aromatic rings. The van der Waals surface area contributed by atoms with Crippen LogP contribution in [0.3, 0.4) is 0 Å². The third-order valence-electron chi connectivity index (χ3n) is 3.94. The summed E-state index contributed by atoms with van der Waals surface area (Å²) in [6.45, 7) is 6.86. The molecule has 0 fully saturated rings. The molecule has 0 atom stereocenters. The first-order chi connectivity index (χ1) is 11.5. The number of nitrogens with zero attached hydrogens (tertiary/aromatic N) is 1. The number of fused-ring (bicyclic) bond motifs is 1. The number of aryl methyl sites for hydroxylation is 1. The lowest BCUT2D eigenvalue weighted by Crippen LogP contribution is -2.23. The number of allylic oxidation sites excluding steroid dienone is 1. The van der Waals surface area contributed by atoms with Crippen molar-refractivity contribution in [3.8, 4) is 11.5 Å². The standard InChI is InChI=1S/C19H26N2O3/c1-5-6-10-21-16-12-14(20-4)7-8-15(16)17(22)18(19(21)23)24-11-9-13(2)3/h7-9,12,20,22H,5-6,10-11H2,1-4H3. The van der Waals surface area contributed by atoms with Crippen LogP contribution in [0.25, 0.3) is 10.9 Å². The summed E-state index contributed by atoms with van der Waals surface area (Å²) >= 11 is 0. The van der Waals surface area contributed by atoms with E-state index in [1.807, 2.05) is 45.2 Å². The van der Waals surface area contributed by atoms with Gasteiger partial charge in [0.05, 0.1) is 5.52 Å². The fraction of sp³-hybridized carbons (Fsp3) is 0.421. The number of ether oxygens (including phenoxy) is 1. The van der Waals surface area contributed by atoms with Gasteiger partial charge in [-0.2, -0.15) is 0 Å². The summed E-state index contributed by atoms with van der Waals surface area (Å²) in [6.07, 6.45) is 3.75.